The van der Waals surface area contributed by atoms with Gasteiger partial charge in [0.25, 0.3) is 0 Å². The first-order valence-electron chi connectivity index (χ1n) is 7.65. The van der Waals surface area contributed by atoms with Crippen molar-refractivity contribution in [2.75, 3.05) is 5.32 Å². The van der Waals surface area contributed by atoms with E-state index in [0.717, 1.165) is 16.0 Å². The highest BCUT2D eigenvalue weighted by molar-refractivity contribution is 9.10. The Bertz CT molecular complexity index is 652. The summed E-state index contributed by atoms with van der Waals surface area (Å²) in [6.45, 7) is 4.25. The van der Waals surface area contributed by atoms with E-state index >= 15 is 0 Å². The maximum Gasteiger partial charge on any atom is 0.106 e. The number of hydrogen-bond donors (Lipinski definition) is 1. The molecule has 1 N–H and O–H groups in total. The lowest BCUT2D eigenvalue weighted by Crippen LogP contribution is -2.10. The van der Waals surface area contributed by atoms with Crippen molar-refractivity contribution in [3.63, 3.8) is 0 Å². The zero-order valence-electron chi connectivity index (χ0n) is 12.6. The minimum absolute atomic E-state index is 0.291. The zero-order valence-corrected chi connectivity index (χ0v) is 14.2. The third-order valence-electron chi connectivity index (χ3n) is 4.30. The Morgan fingerprint density at radius 2 is 1.86 bits per heavy atom. The lowest BCUT2D eigenvalue weighted by molar-refractivity contribution is 0.683. The first-order valence-corrected chi connectivity index (χ1v) is 8.44. The van der Waals surface area contributed by atoms with Gasteiger partial charge in [0.15, 0.2) is 0 Å². The van der Waals surface area contributed by atoms with Gasteiger partial charge in [-0.3, -0.25) is 0 Å². The molecule has 1 aliphatic rings. The number of nitrogens with zero attached hydrogens (tertiary/aromatic N) is 1. The molecule has 0 saturated carbocycles. The van der Waals surface area contributed by atoms with Crippen LogP contribution in [0.3, 0.4) is 0 Å². The predicted octanol–water partition coefficient (Wildman–Crippen LogP) is 5.20. The van der Waals surface area contributed by atoms with Crippen LogP contribution < -0.4 is 5.32 Å². The Morgan fingerprint density at radius 1 is 1.10 bits per heavy atom. The van der Waals surface area contributed by atoms with E-state index < -0.39 is 0 Å². The Kier molecular flexibility index (Phi) is 4.29. The van der Waals surface area contributed by atoms with Crippen molar-refractivity contribution < 1.29 is 0 Å². The molecule has 3 rings (SSSR count). The Hall–Kier alpha value is -1.35. The Labute approximate surface area is 135 Å². The lowest BCUT2D eigenvalue weighted by atomic mass is 9.89. The molecule has 1 aromatic heterocycles. The van der Waals surface area contributed by atoms with Crippen LogP contribution >= 0.6 is 15.9 Å². The van der Waals surface area contributed by atoms with E-state index in [1.807, 2.05) is 13.0 Å². The van der Waals surface area contributed by atoms with Gasteiger partial charge >= 0.3 is 0 Å². The molecular weight excluding hydrogens is 324 g/mol. The van der Waals surface area contributed by atoms with Gasteiger partial charge in [0.1, 0.15) is 4.60 Å². The number of pyridine rings is 1. The molecule has 21 heavy (non-hydrogen) atoms. The summed E-state index contributed by atoms with van der Waals surface area (Å²) in [5, 5.41) is 3.58. The zero-order chi connectivity index (χ0) is 14.8. The molecule has 0 radical (unpaired) electrons. The standard InChI is InChI=1S/C18H21BrN2/c1-12(20-17-9-10-18(19)21-13(17)2)15-8-7-14-5-3-4-6-16(14)11-15/h7-12,20H,3-6H2,1-2H3. The quantitative estimate of drug-likeness (QED) is 0.773. The molecule has 0 spiro atoms. The molecule has 0 fully saturated rings. The topological polar surface area (TPSA) is 24.9 Å². The van der Waals surface area contributed by atoms with Gasteiger partial charge in [-0.25, -0.2) is 4.98 Å². The average molecular weight is 345 g/mol. The summed E-state index contributed by atoms with van der Waals surface area (Å²) in [6, 6.07) is 11.3. The lowest BCUT2D eigenvalue weighted by Gasteiger charge is -2.21. The first kappa shape index (κ1) is 14.6. The van der Waals surface area contributed by atoms with Crippen LogP contribution in [0.25, 0.3) is 0 Å². The summed E-state index contributed by atoms with van der Waals surface area (Å²) in [5.74, 6) is 0. The van der Waals surface area contributed by atoms with E-state index in [0.29, 0.717) is 6.04 Å². The van der Waals surface area contributed by atoms with Crippen LogP contribution in [0.1, 0.15) is 48.2 Å². The van der Waals surface area contributed by atoms with Gasteiger partial charge in [0.2, 0.25) is 0 Å². The van der Waals surface area contributed by atoms with E-state index in [9.17, 15) is 0 Å². The minimum Gasteiger partial charge on any atom is -0.377 e. The van der Waals surface area contributed by atoms with Crippen LogP contribution in [0.15, 0.2) is 34.9 Å². The van der Waals surface area contributed by atoms with Crippen molar-refractivity contribution >= 4 is 21.6 Å². The van der Waals surface area contributed by atoms with E-state index in [2.05, 4.69) is 57.4 Å². The number of anilines is 1. The minimum atomic E-state index is 0.291. The van der Waals surface area contributed by atoms with Gasteiger partial charge in [-0.05, 0) is 84.3 Å². The smallest absolute Gasteiger partial charge is 0.106 e. The number of nitrogens with one attached hydrogen (secondary N) is 1. The monoisotopic (exact) mass is 344 g/mol. The average Bonchev–Trinajstić information content (AvgIpc) is 2.49. The van der Waals surface area contributed by atoms with Crippen molar-refractivity contribution in [1.29, 1.82) is 0 Å². The molecule has 0 saturated heterocycles. The molecular formula is C18H21BrN2. The van der Waals surface area contributed by atoms with Crippen molar-refractivity contribution in [3.05, 3.63) is 57.3 Å². The number of aromatic nitrogens is 1. The molecule has 0 amide bonds. The summed E-state index contributed by atoms with van der Waals surface area (Å²) in [7, 11) is 0. The first-order chi connectivity index (χ1) is 10.1. The molecule has 1 aliphatic carbocycles. The molecule has 3 heteroatoms. The van der Waals surface area contributed by atoms with Gasteiger partial charge in [-0.15, -0.1) is 0 Å². The summed E-state index contributed by atoms with van der Waals surface area (Å²) in [5.41, 5.74) is 6.56. The molecule has 0 aliphatic heterocycles. The fourth-order valence-corrected chi connectivity index (χ4v) is 3.42. The Balaban J connectivity index is 1.80. The molecule has 0 bridgehead atoms. The normalized spacial score (nSPS) is 15.4. The number of hydrogen-bond acceptors (Lipinski definition) is 2. The van der Waals surface area contributed by atoms with Crippen molar-refractivity contribution in [2.24, 2.45) is 0 Å². The second-order valence-corrected chi connectivity index (χ2v) is 6.68. The summed E-state index contributed by atoms with van der Waals surface area (Å²) in [6.07, 6.45) is 5.14. The van der Waals surface area contributed by atoms with E-state index in [4.69, 9.17) is 0 Å². The third kappa shape index (κ3) is 3.29. The summed E-state index contributed by atoms with van der Waals surface area (Å²) >= 11 is 3.41. The second kappa shape index (κ2) is 6.18. The molecule has 1 heterocycles. The summed E-state index contributed by atoms with van der Waals surface area (Å²) < 4.78 is 0.881. The number of halogens is 1. The third-order valence-corrected chi connectivity index (χ3v) is 4.74. The van der Waals surface area contributed by atoms with Crippen molar-refractivity contribution in [2.45, 2.75) is 45.6 Å². The van der Waals surface area contributed by atoms with Crippen LogP contribution in [0, 0.1) is 6.92 Å². The highest BCUT2D eigenvalue weighted by Crippen LogP contribution is 2.27. The number of fused-ring (bicyclic) bond motifs is 1. The van der Waals surface area contributed by atoms with Gasteiger partial charge in [0.05, 0.1) is 11.4 Å². The van der Waals surface area contributed by atoms with Crippen LogP contribution in [0.5, 0.6) is 0 Å². The predicted molar refractivity (Wildman–Crippen MR) is 91.8 cm³/mol. The maximum atomic E-state index is 4.44. The maximum absolute atomic E-state index is 4.44. The SMILES string of the molecule is Cc1nc(Br)ccc1NC(C)c1ccc2c(c1)CCCC2. The fourth-order valence-electron chi connectivity index (χ4n) is 3.02. The number of aryl methyl sites for hydroxylation is 3. The van der Waals surface area contributed by atoms with E-state index in [1.165, 1.54) is 36.8 Å². The van der Waals surface area contributed by atoms with Gasteiger partial charge in [-0.2, -0.15) is 0 Å². The van der Waals surface area contributed by atoms with Crippen LogP contribution in [-0.2, 0) is 12.8 Å². The highest BCUT2D eigenvalue weighted by atomic mass is 79.9. The molecule has 2 aromatic rings. The Morgan fingerprint density at radius 3 is 2.62 bits per heavy atom. The second-order valence-electron chi connectivity index (χ2n) is 5.87. The van der Waals surface area contributed by atoms with Crippen LogP contribution in [-0.4, -0.2) is 4.98 Å². The molecule has 1 unspecified atom stereocenters. The van der Waals surface area contributed by atoms with E-state index in [1.54, 1.807) is 5.56 Å². The molecule has 2 nitrogen and oxygen atoms in total. The van der Waals surface area contributed by atoms with Crippen LogP contribution in [0.2, 0.25) is 0 Å². The largest absolute Gasteiger partial charge is 0.377 e. The molecule has 110 valence electrons. The van der Waals surface area contributed by atoms with Gasteiger partial charge < -0.3 is 5.32 Å². The molecule has 1 atom stereocenters. The van der Waals surface area contributed by atoms with Crippen molar-refractivity contribution in [1.82, 2.24) is 4.98 Å². The van der Waals surface area contributed by atoms with Gasteiger partial charge in [0, 0.05) is 6.04 Å². The fraction of sp³-hybridized carbons (Fsp3) is 0.389. The number of benzene rings is 1. The summed E-state index contributed by atoms with van der Waals surface area (Å²) in [4.78, 5) is 4.44. The number of rotatable bonds is 3. The van der Waals surface area contributed by atoms with E-state index in [-0.39, 0.29) is 0 Å². The van der Waals surface area contributed by atoms with Gasteiger partial charge in [-0.1, -0.05) is 18.2 Å². The van der Waals surface area contributed by atoms with Crippen LogP contribution in [0.4, 0.5) is 5.69 Å². The molecule has 1 aromatic carbocycles. The highest BCUT2D eigenvalue weighted by Gasteiger charge is 2.13. The van der Waals surface area contributed by atoms with Crippen molar-refractivity contribution in [3.8, 4) is 0 Å².